The molecule has 0 amide bonds. The largest absolute Gasteiger partial charge is 0.493 e. The van der Waals surface area contributed by atoms with Gasteiger partial charge in [-0.1, -0.05) is 28.0 Å². The van der Waals surface area contributed by atoms with Crippen LogP contribution < -0.4 is 10.5 Å². The first-order valence-electron chi connectivity index (χ1n) is 6.00. The molecule has 0 heterocycles. The second-order valence-corrected chi connectivity index (χ2v) is 7.45. The Morgan fingerprint density at radius 1 is 1.50 bits per heavy atom. The lowest BCUT2D eigenvalue weighted by Gasteiger charge is -2.11. The van der Waals surface area contributed by atoms with E-state index in [2.05, 4.69) is 21.1 Å². The highest BCUT2D eigenvalue weighted by molar-refractivity contribution is 9.10. The lowest BCUT2D eigenvalue weighted by Crippen LogP contribution is -2.16. The van der Waals surface area contributed by atoms with Crippen molar-refractivity contribution in [3.8, 4) is 5.75 Å². The summed E-state index contributed by atoms with van der Waals surface area (Å²) in [4.78, 5) is 0. The van der Waals surface area contributed by atoms with Gasteiger partial charge in [0.15, 0.2) is 5.84 Å². The highest BCUT2D eigenvalue weighted by atomic mass is 79.9. The molecule has 0 saturated carbocycles. The van der Waals surface area contributed by atoms with Crippen molar-refractivity contribution in [2.24, 2.45) is 10.9 Å². The van der Waals surface area contributed by atoms with Crippen LogP contribution in [-0.4, -0.2) is 37.6 Å². The molecule has 1 rings (SSSR count). The number of rotatable bonds is 7. The minimum absolute atomic E-state index is 0.0671. The van der Waals surface area contributed by atoms with Crippen molar-refractivity contribution in [1.29, 1.82) is 0 Å². The van der Waals surface area contributed by atoms with Crippen molar-refractivity contribution < 1.29 is 18.4 Å². The maximum absolute atomic E-state index is 11.3. The predicted molar refractivity (Wildman–Crippen MR) is 81.1 cm³/mol. The smallest absolute Gasteiger partial charge is 0.173 e. The van der Waals surface area contributed by atoms with Crippen molar-refractivity contribution in [2.75, 3.05) is 18.1 Å². The minimum atomic E-state index is -2.99. The van der Waals surface area contributed by atoms with Crippen LogP contribution in [0.2, 0.25) is 0 Å². The first-order valence-corrected chi connectivity index (χ1v) is 8.61. The van der Waals surface area contributed by atoms with E-state index in [-0.39, 0.29) is 23.9 Å². The lowest BCUT2D eigenvalue weighted by molar-refractivity contribution is 0.311. The Hall–Kier alpha value is -1.28. The summed E-state index contributed by atoms with van der Waals surface area (Å²) >= 11 is 3.28. The molecule has 0 aromatic heterocycles. The normalized spacial score (nSPS) is 12.4. The number of oxime groups is 1. The quantitative estimate of drug-likeness (QED) is 0.252. The molecule has 0 unspecified atom stereocenters. The van der Waals surface area contributed by atoms with E-state index in [1.54, 1.807) is 25.1 Å². The van der Waals surface area contributed by atoms with E-state index >= 15 is 0 Å². The summed E-state index contributed by atoms with van der Waals surface area (Å²) < 4.78 is 28.9. The molecule has 112 valence electrons. The van der Waals surface area contributed by atoms with Gasteiger partial charge in [-0.2, -0.15) is 0 Å². The van der Waals surface area contributed by atoms with Gasteiger partial charge >= 0.3 is 0 Å². The van der Waals surface area contributed by atoms with Gasteiger partial charge in [-0.15, -0.1) is 0 Å². The fraction of sp³-hybridized carbons (Fsp3) is 0.417. The van der Waals surface area contributed by atoms with Gasteiger partial charge in [-0.25, -0.2) is 8.42 Å². The van der Waals surface area contributed by atoms with E-state index in [1.807, 2.05) is 0 Å². The fourth-order valence-corrected chi connectivity index (χ4v) is 2.69. The molecule has 8 heteroatoms. The van der Waals surface area contributed by atoms with Crippen LogP contribution in [0.3, 0.4) is 0 Å². The Labute approximate surface area is 126 Å². The summed E-state index contributed by atoms with van der Waals surface area (Å²) in [7, 11) is -2.99. The molecule has 6 nitrogen and oxygen atoms in total. The van der Waals surface area contributed by atoms with Gasteiger partial charge < -0.3 is 15.7 Å². The molecular formula is C12H17BrN2O4S. The Balaban J connectivity index is 2.69. The summed E-state index contributed by atoms with van der Waals surface area (Å²) in [6.07, 6.45) is 0.391. The van der Waals surface area contributed by atoms with Crippen LogP contribution in [0.5, 0.6) is 5.75 Å². The third-order valence-electron chi connectivity index (χ3n) is 2.62. The fourth-order valence-electron chi connectivity index (χ4n) is 1.49. The molecule has 20 heavy (non-hydrogen) atoms. The minimum Gasteiger partial charge on any atom is -0.493 e. The average molecular weight is 365 g/mol. The summed E-state index contributed by atoms with van der Waals surface area (Å²) in [6.45, 7) is 1.86. The van der Waals surface area contributed by atoms with Crippen LogP contribution in [0.1, 0.15) is 18.9 Å². The van der Waals surface area contributed by atoms with Crippen LogP contribution in [-0.2, 0) is 9.84 Å². The standard InChI is InChI=1S/C12H17BrN2O4S/c1-2-20(17,18)7-3-6-19-11-5-4-9(13)8-10(11)12(14)15-16/h4-5,8,16H,2-3,6-7H2,1H3,(H2,14,15). The number of hydrogen-bond acceptors (Lipinski definition) is 5. The summed E-state index contributed by atoms with van der Waals surface area (Å²) in [6, 6.07) is 5.09. The van der Waals surface area contributed by atoms with Crippen LogP contribution in [0, 0.1) is 0 Å². The first kappa shape index (κ1) is 16.8. The average Bonchev–Trinajstić information content (AvgIpc) is 2.44. The highest BCUT2D eigenvalue weighted by Crippen LogP contribution is 2.23. The summed E-state index contributed by atoms with van der Waals surface area (Å²) in [5.74, 6) is 0.583. The number of amidine groups is 1. The third kappa shape index (κ3) is 5.01. The number of nitrogens with zero attached hydrogens (tertiary/aromatic N) is 1. The molecule has 1 aromatic carbocycles. The molecule has 0 fully saturated rings. The van der Waals surface area contributed by atoms with Crippen molar-refractivity contribution in [1.82, 2.24) is 0 Å². The van der Waals surface area contributed by atoms with E-state index in [0.29, 0.717) is 17.7 Å². The van der Waals surface area contributed by atoms with Gasteiger partial charge in [0.05, 0.1) is 17.9 Å². The van der Waals surface area contributed by atoms with Crippen molar-refractivity contribution in [3.63, 3.8) is 0 Å². The Kier molecular flexibility index (Phi) is 6.28. The molecule has 0 bridgehead atoms. The maximum Gasteiger partial charge on any atom is 0.173 e. The number of ether oxygens (including phenoxy) is 1. The van der Waals surface area contributed by atoms with Gasteiger partial charge in [-0.3, -0.25) is 0 Å². The van der Waals surface area contributed by atoms with Gasteiger partial charge in [0, 0.05) is 10.2 Å². The summed E-state index contributed by atoms with van der Waals surface area (Å²) in [5.41, 5.74) is 6.01. The number of hydrogen-bond donors (Lipinski definition) is 2. The van der Waals surface area contributed by atoms with Gasteiger partial charge in [-0.05, 0) is 24.6 Å². The highest BCUT2D eigenvalue weighted by Gasteiger charge is 2.11. The monoisotopic (exact) mass is 364 g/mol. The molecule has 0 atom stereocenters. The van der Waals surface area contributed by atoms with Crippen molar-refractivity contribution >= 4 is 31.6 Å². The van der Waals surface area contributed by atoms with Crippen molar-refractivity contribution in [3.05, 3.63) is 28.2 Å². The molecule has 0 saturated heterocycles. The number of halogens is 1. The van der Waals surface area contributed by atoms with Crippen molar-refractivity contribution in [2.45, 2.75) is 13.3 Å². The molecule has 0 aliphatic rings. The van der Waals surface area contributed by atoms with Gasteiger partial charge in [0.25, 0.3) is 0 Å². The zero-order valence-electron chi connectivity index (χ0n) is 11.0. The molecule has 1 aromatic rings. The molecule has 0 spiro atoms. The Morgan fingerprint density at radius 2 is 2.20 bits per heavy atom. The topological polar surface area (TPSA) is 102 Å². The lowest BCUT2D eigenvalue weighted by atomic mass is 10.2. The third-order valence-corrected chi connectivity index (χ3v) is 4.91. The Morgan fingerprint density at radius 3 is 2.80 bits per heavy atom. The number of sulfone groups is 1. The zero-order chi connectivity index (χ0) is 15.2. The Bertz CT molecular complexity index is 587. The van der Waals surface area contributed by atoms with Crippen LogP contribution in [0.15, 0.2) is 27.8 Å². The number of nitrogens with two attached hydrogens (primary N) is 1. The van der Waals surface area contributed by atoms with Gasteiger partial charge in [0.1, 0.15) is 15.6 Å². The van der Waals surface area contributed by atoms with Gasteiger partial charge in [0.2, 0.25) is 0 Å². The molecule has 0 aliphatic heterocycles. The van der Waals surface area contributed by atoms with E-state index < -0.39 is 9.84 Å². The second-order valence-electron chi connectivity index (χ2n) is 4.06. The first-order chi connectivity index (χ1) is 9.39. The number of benzene rings is 1. The van der Waals surface area contributed by atoms with E-state index in [9.17, 15) is 8.42 Å². The summed E-state index contributed by atoms with van der Waals surface area (Å²) in [5, 5.41) is 11.7. The SMILES string of the molecule is CCS(=O)(=O)CCCOc1ccc(Br)cc1/C(N)=N/O. The van der Waals surface area contributed by atoms with E-state index in [4.69, 9.17) is 15.7 Å². The van der Waals surface area contributed by atoms with Crippen LogP contribution in [0.4, 0.5) is 0 Å². The predicted octanol–water partition coefficient (Wildman–Crippen LogP) is 1.75. The molecular weight excluding hydrogens is 348 g/mol. The van der Waals surface area contributed by atoms with E-state index in [0.717, 1.165) is 4.47 Å². The van der Waals surface area contributed by atoms with Crippen LogP contribution >= 0.6 is 15.9 Å². The maximum atomic E-state index is 11.3. The molecule has 3 N–H and O–H groups in total. The second kappa shape index (κ2) is 7.49. The zero-order valence-corrected chi connectivity index (χ0v) is 13.4. The molecule has 0 aliphatic carbocycles. The van der Waals surface area contributed by atoms with Crippen LogP contribution in [0.25, 0.3) is 0 Å². The van der Waals surface area contributed by atoms with E-state index in [1.165, 1.54) is 0 Å². The molecule has 0 radical (unpaired) electrons.